The number of aromatic nitrogens is 1. The molecule has 1 atom stereocenters. The number of amides is 3. The van der Waals surface area contributed by atoms with E-state index in [1.165, 1.54) is 4.90 Å². The molecule has 0 radical (unpaired) electrons. The first-order valence-corrected chi connectivity index (χ1v) is 13.1. The smallest absolute Gasteiger partial charge is 0.273 e. The van der Waals surface area contributed by atoms with Crippen molar-refractivity contribution >= 4 is 40.6 Å². The van der Waals surface area contributed by atoms with Crippen molar-refractivity contribution in [2.75, 3.05) is 17.2 Å². The molecule has 0 saturated heterocycles. The molecule has 194 valence electrons. The quantitative estimate of drug-likeness (QED) is 0.388. The second-order valence-corrected chi connectivity index (χ2v) is 9.67. The third-order valence-electron chi connectivity index (χ3n) is 6.37. The molecule has 1 saturated carbocycles. The van der Waals surface area contributed by atoms with Gasteiger partial charge in [0, 0.05) is 11.7 Å². The minimum Gasteiger partial charge on any atom is -0.494 e. The Balaban J connectivity index is 1.80. The fourth-order valence-electron chi connectivity index (χ4n) is 4.57. The van der Waals surface area contributed by atoms with Gasteiger partial charge in [0.05, 0.1) is 12.3 Å². The van der Waals surface area contributed by atoms with Crippen molar-refractivity contribution in [1.29, 1.82) is 0 Å². The highest BCUT2D eigenvalue weighted by Crippen LogP contribution is 2.34. The maximum absolute atomic E-state index is 14.0. The van der Waals surface area contributed by atoms with Gasteiger partial charge in [-0.1, -0.05) is 49.6 Å². The van der Waals surface area contributed by atoms with Gasteiger partial charge in [0.2, 0.25) is 5.91 Å². The highest BCUT2D eigenvalue weighted by molar-refractivity contribution is 7.09. The first kappa shape index (κ1) is 26.2. The molecule has 1 aliphatic carbocycles. The molecular weight excluding hydrogens is 490 g/mol. The summed E-state index contributed by atoms with van der Waals surface area (Å²) in [7, 11) is 0. The number of anilines is 2. The third kappa shape index (κ3) is 5.91. The number of primary amides is 1. The van der Waals surface area contributed by atoms with Crippen LogP contribution < -0.4 is 26.4 Å². The number of nitrogens with two attached hydrogens (primary N) is 2. The molecule has 2 aromatic carbocycles. The normalized spacial score (nSPS) is 14.5. The zero-order valence-electron chi connectivity index (χ0n) is 20.7. The maximum atomic E-state index is 14.0. The van der Waals surface area contributed by atoms with Gasteiger partial charge >= 0.3 is 0 Å². The van der Waals surface area contributed by atoms with Crippen molar-refractivity contribution in [2.24, 2.45) is 5.73 Å². The summed E-state index contributed by atoms with van der Waals surface area (Å²) in [4.78, 5) is 41.2. The largest absolute Gasteiger partial charge is 0.494 e. The van der Waals surface area contributed by atoms with E-state index in [-0.39, 0.29) is 28.2 Å². The van der Waals surface area contributed by atoms with E-state index in [1.807, 2.05) is 13.0 Å². The molecule has 0 bridgehead atoms. The van der Waals surface area contributed by atoms with Gasteiger partial charge in [-0.2, -0.15) is 4.37 Å². The van der Waals surface area contributed by atoms with Crippen LogP contribution >= 0.6 is 11.5 Å². The number of para-hydroxylation sites is 1. The summed E-state index contributed by atoms with van der Waals surface area (Å²) in [5, 5.41) is 3.17. The summed E-state index contributed by atoms with van der Waals surface area (Å²) in [5.41, 5.74) is 12.3. The molecule has 0 aliphatic heterocycles. The van der Waals surface area contributed by atoms with Gasteiger partial charge in [-0.25, -0.2) is 0 Å². The van der Waals surface area contributed by atoms with Gasteiger partial charge in [-0.05, 0) is 61.1 Å². The monoisotopic (exact) mass is 521 g/mol. The molecule has 9 nitrogen and oxygen atoms in total. The zero-order valence-corrected chi connectivity index (χ0v) is 21.5. The standard InChI is InChI=1S/C27H31N5O4S/c1-2-36-20-15-13-17(14-16-20)23(26(34)30-18-9-5-3-6-10-18)32(19-11-7-4-8-12-19)27(35)24-21(28)22(25(29)33)31-37-24/h4,7-8,11-16,18,23H,2-3,5-6,9-10,28H2,1H3,(H2,29,33)(H,30,34). The molecule has 5 N–H and O–H groups in total. The number of hydrogen-bond acceptors (Lipinski definition) is 7. The lowest BCUT2D eigenvalue weighted by atomic mass is 9.94. The summed E-state index contributed by atoms with van der Waals surface area (Å²) in [5.74, 6) is -1.01. The highest BCUT2D eigenvalue weighted by Gasteiger charge is 2.36. The molecular formula is C27H31N5O4S. The van der Waals surface area contributed by atoms with Gasteiger partial charge in [0.1, 0.15) is 16.7 Å². The summed E-state index contributed by atoms with van der Waals surface area (Å²) in [6.07, 6.45) is 5.03. The van der Waals surface area contributed by atoms with Crippen LogP contribution in [0.25, 0.3) is 0 Å². The molecule has 1 fully saturated rings. The lowest BCUT2D eigenvalue weighted by molar-refractivity contribution is -0.123. The molecule has 3 amide bonds. The Hall–Kier alpha value is -3.92. The molecule has 1 heterocycles. The summed E-state index contributed by atoms with van der Waals surface area (Å²) in [6.45, 7) is 2.40. The van der Waals surface area contributed by atoms with E-state index in [1.54, 1.807) is 48.5 Å². The number of nitrogen functional groups attached to an aromatic ring is 1. The molecule has 10 heteroatoms. The van der Waals surface area contributed by atoms with E-state index in [0.29, 0.717) is 23.6 Å². The topological polar surface area (TPSA) is 141 Å². The lowest BCUT2D eigenvalue weighted by Gasteiger charge is -2.33. The number of rotatable bonds is 9. The molecule has 3 aromatic rings. The number of carbonyl (C=O) groups is 3. The van der Waals surface area contributed by atoms with Gasteiger partial charge in [-0.3, -0.25) is 19.3 Å². The second-order valence-electron chi connectivity index (χ2n) is 8.90. The Bertz CT molecular complexity index is 1240. The van der Waals surface area contributed by atoms with Crippen molar-refractivity contribution in [3.05, 3.63) is 70.7 Å². The highest BCUT2D eigenvalue weighted by atomic mass is 32.1. The number of benzene rings is 2. The first-order valence-electron chi connectivity index (χ1n) is 12.4. The van der Waals surface area contributed by atoms with E-state index < -0.39 is 17.9 Å². The Kier molecular flexibility index (Phi) is 8.39. The van der Waals surface area contributed by atoms with Crippen molar-refractivity contribution in [3.8, 4) is 5.75 Å². The summed E-state index contributed by atoms with van der Waals surface area (Å²) >= 11 is 0.786. The Morgan fingerprint density at radius 2 is 1.76 bits per heavy atom. The van der Waals surface area contributed by atoms with Gasteiger partial charge in [-0.15, -0.1) is 0 Å². The predicted molar refractivity (Wildman–Crippen MR) is 144 cm³/mol. The fourth-order valence-corrected chi connectivity index (χ4v) is 5.31. The summed E-state index contributed by atoms with van der Waals surface area (Å²) in [6, 6.07) is 15.0. The minimum absolute atomic E-state index is 0.0362. The van der Waals surface area contributed by atoms with Gasteiger partial charge in [0.25, 0.3) is 11.8 Å². The molecule has 0 spiro atoms. The minimum atomic E-state index is -1.01. The fraction of sp³-hybridized carbons (Fsp3) is 0.333. The van der Waals surface area contributed by atoms with Gasteiger partial charge in [0.15, 0.2) is 5.69 Å². The number of nitrogens with zero attached hydrogens (tertiary/aromatic N) is 2. The number of nitrogens with one attached hydrogen (secondary N) is 1. The Morgan fingerprint density at radius 3 is 2.35 bits per heavy atom. The Morgan fingerprint density at radius 1 is 1.08 bits per heavy atom. The van der Waals surface area contributed by atoms with Crippen LogP contribution in [0.5, 0.6) is 5.75 Å². The Labute approximate surface area is 220 Å². The van der Waals surface area contributed by atoms with Crippen LogP contribution in [-0.2, 0) is 4.79 Å². The van der Waals surface area contributed by atoms with Crippen LogP contribution in [0.3, 0.4) is 0 Å². The van der Waals surface area contributed by atoms with E-state index >= 15 is 0 Å². The van der Waals surface area contributed by atoms with E-state index in [4.69, 9.17) is 16.2 Å². The second kappa shape index (κ2) is 11.9. The molecule has 1 aromatic heterocycles. The van der Waals surface area contributed by atoms with Crippen LogP contribution in [0.1, 0.15) is 70.8 Å². The van der Waals surface area contributed by atoms with Crippen LogP contribution in [0.4, 0.5) is 11.4 Å². The lowest BCUT2D eigenvalue weighted by Crippen LogP contribution is -2.47. The third-order valence-corrected chi connectivity index (χ3v) is 7.22. The zero-order chi connectivity index (χ0) is 26.4. The molecule has 1 unspecified atom stereocenters. The van der Waals surface area contributed by atoms with Gasteiger partial charge < -0.3 is 21.5 Å². The van der Waals surface area contributed by atoms with E-state index in [9.17, 15) is 14.4 Å². The van der Waals surface area contributed by atoms with E-state index in [2.05, 4.69) is 9.69 Å². The average molecular weight is 522 g/mol. The summed E-state index contributed by atoms with van der Waals surface area (Å²) < 4.78 is 9.57. The van der Waals surface area contributed by atoms with Crippen LogP contribution in [-0.4, -0.2) is 34.7 Å². The van der Waals surface area contributed by atoms with Crippen LogP contribution in [0.15, 0.2) is 54.6 Å². The van der Waals surface area contributed by atoms with Crippen LogP contribution in [0.2, 0.25) is 0 Å². The van der Waals surface area contributed by atoms with E-state index in [0.717, 1.165) is 43.6 Å². The maximum Gasteiger partial charge on any atom is 0.273 e. The molecule has 37 heavy (non-hydrogen) atoms. The SMILES string of the molecule is CCOc1ccc(C(C(=O)NC2CCCCC2)N(C(=O)c2snc(C(N)=O)c2N)c2ccccc2)cc1. The molecule has 1 aliphatic rings. The van der Waals surface area contributed by atoms with Crippen molar-refractivity contribution in [3.63, 3.8) is 0 Å². The number of hydrogen-bond donors (Lipinski definition) is 3. The van der Waals surface area contributed by atoms with Crippen LogP contribution in [0, 0.1) is 0 Å². The number of ether oxygens (including phenoxy) is 1. The number of carbonyl (C=O) groups excluding carboxylic acids is 3. The average Bonchev–Trinajstić information content (AvgIpc) is 3.30. The van der Waals surface area contributed by atoms with Crippen molar-refractivity contribution in [1.82, 2.24) is 9.69 Å². The molecule has 4 rings (SSSR count). The first-order chi connectivity index (χ1) is 17.9. The van der Waals surface area contributed by atoms with Crippen molar-refractivity contribution in [2.45, 2.75) is 51.1 Å². The van der Waals surface area contributed by atoms with Crippen molar-refractivity contribution < 1.29 is 19.1 Å². The predicted octanol–water partition coefficient (Wildman–Crippen LogP) is 4.06.